The number of halogens is 1. The van der Waals surface area contributed by atoms with Gasteiger partial charge in [-0.05, 0) is 38.8 Å². The van der Waals surface area contributed by atoms with Gasteiger partial charge in [0.25, 0.3) is 0 Å². The highest BCUT2D eigenvalue weighted by molar-refractivity contribution is 5.03. The van der Waals surface area contributed by atoms with Gasteiger partial charge >= 0.3 is 0 Å². The quantitative estimate of drug-likeness (QED) is 0.513. The van der Waals surface area contributed by atoms with Crippen molar-refractivity contribution in [3.05, 3.63) is 60.2 Å². The van der Waals surface area contributed by atoms with Crippen molar-refractivity contribution in [2.75, 3.05) is 0 Å². The molecule has 2 unspecified atom stereocenters. The van der Waals surface area contributed by atoms with E-state index in [1.165, 1.54) is 24.0 Å². The number of hydrogen-bond donors (Lipinski definition) is 0. The SMILES string of the molecule is Cc1cc[n+](C(C)CCC(C)[n+]2ccc(C)cc2)cc1.[I-]. The van der Waals surface area contributed by atoms with E-state index < -0.39 is 0 Å². The average molecular weight is 397 g/mol. The van der Waals surface area contributed by atoms with Crippen LogP contribution in [0.5, 0.6) is 0 Å². The van der Waals surface area contributed by atoms with Crippen LogP contribution >= 0.6 is 0 Å². The molecule has 2 aromatic rings. The number of nitrogens with zero attached hydrogens (tertiary/aromatic N) is 2. The van der Waals surface area contributed by atoms with Crippen LogP contribution in [0.2, 0.25) is 0 Å². The standard InChI is InChI=1S/C18H26N2.HI/c1-15-7-11-19(12-8-15)17(3)5-6-18(4)20-13-9-16(2)10-14-20;/h7-14,17-18H,5-6H2,1-4H3;1H/q+2;/p-1. The van der Waals surface area contributed by atoms with Crippen LogP contribution in [0, 0.1) is 13.8 Å². The maximum absolute atomic E-state index is 2.31. The Morgan fingerprint density at radius 2 is 1.00 bits per heavy atom. The molecule has 2 aromatic heterocycles. The summed E-state index contributed by atoms with van der Waals surface area (Å²) in [7, 11) is 0. The predicted molar refractivity (Wildman–Crippen MR) is 81.4 cm³/mol. The Kier molecular flexibility index (Phi) is 7.29. The third kappa shape index (κ3) is 5.38. The lowest BCUT2D eigenvalue weighted by Gasteiger charge is -2.10. The smallest absolute Gasteiger partial charge is 0.169 e. The van der Waals surface area contributed by atoms with Crippen molar-refractivity contribution >= 4 is 0 Å². The normalized spacial score (nSPS) is 13.3. The van der Waals surface area contributed by atoms with E-state index in [9.17, 15) is 0 Å². The van der Waals surface area contributed by atoms with Crippen LogP contribution in [0.1, 0.15) is 49.9 Å². The molecule has 2 atom stereocenters. The summed E-state index contributed by atoms with van der Waals surface area (Å²) in [5.41, 5.74) is 2.63. The first-order chi connectivity index (χ1) is 9.56. The van der Waals surface area contributed by atoms with Crippen molar-refractivity contribution in [3.63, 3.8) is 0 Å². The minimum Gasteiger partial charge on any atom is -1.00 e. The van der Waals surface area contributed by atoms with Gasteiger partial charge in [0.1, 0.15) is 0 Å². The molecule has 2 rings (SSSR count). The summed E-state index contributed by atoms with van der Waals surface area (Å²) < 4.78 is 4.61. The second-order valence-corrected chi connectivity index (χ2v) is 5.92. The van der Waals surface area contributed by atoms with Crippen LogP contribution in [0.4, 0.5) is 0 Å². The highest BCUT2D eigenvalue weighted by atomic mass is 127. The molecule has 0 aliphatic heterocycles. The number of rotatable bonds is 5. The van der Waals surface area contributed by atoms with Gasteiger partial charge in [0, 0.05) is 37.1 Å². The van der Waals surface area contributed by atoms with Crippen LogP contribution in [0.25, 0.3) is 0 Å². The van der Waals surface area contributed by atoms with E-state index in [1.807, 2.05) is 0 Å². The van der Waals surface area contributed by atoms with Gasteiger partial charge in [-0.3, -0.25) is 0 Å². The zero-order valence-electron chi connectivity index (χ0n) is 13.5. The van der Waals surface area contributed by atoms with E-state index >= 15 is 0 Å². The number of aromatic nitrogens is 2. The monoisotopic (exact) mass is 397 g/mol. The van der Waals surface area contributed by atoms with E-state index in [0.29, 0.717) is 12.1 Å². The summed E-state index contributed by atoms with van der Waals surface area (Å²) in [4.78, 5) is 0. The molecule has 0 fully saturated rings. The Bertz CT molecular complexity index is 483. The molecular formula is C18H26IN2+. The molecule has 0 aromatic carbocycles. The summed E-state index contributed by atoms with van der Waals surface area (Å²) >= 11 is 0. The topological polar surface area (TPSA) is 7.76 Å². The Hall–Kier alpha value is -0.970. The summed E-state index contributed by atoms with van der Waals surface area (Å²) in [6.07, 6.45) is 11.1. The highest BCUT2D eigenvalue weighted by Crippen LogP contribution is 2.12. The second kappa shape index (κ2) is 8.47. The largest absolute Gasteiger partial charge is 1.00 e. The molecule has 0 amide bonds. The maximum Gasteiger partial charge on any atom is 0.169 e. The first-order valence-electron chi connectivity index (χ1n) is 7.51. The van der Waals surface area contributed by atoms with Gasteiger partial charge in [-0.2, -0.15) is 0 Å². The minimum atomic E-state index is 0. The fourth-order valence-electron chi connectivity index (χ4n) is 2.39. The molecule has 0 bridgehead atoms. The van der Waals surface area contributed by atoms with Gasteiger partial charge in [0.2, 0.25) is 0 Å². The molecule has 0 aliphatic carbocycles. The lowest BCUT2D eigenvalue weighted by Crippen LogP contribution is -3.00. The summed E-state index contributed by atoms with van der Waals surface area (Å²) in [6, 6.07) is 9.79. The van der Waals surface area contributed by atoms with E-state index in [-0.39, 0.29) is 24.0 Å². The summed E-state index contributed by atoms with van der Waals surface area (Å²) in [5, 5.41) is 0. The molecule has 0 aliphatic rings. The van der Waals surface area contributed by atoms with Crippen LogP contribution in [0.15, 0.2) is 49.1 Å². The molecule has 0 saturated heterocycles. The fourth-order valence-corrected chi connectivity index (χ4v) is 2.39. The molecule has 2 nitrogen and oxygen atoms in total. The Balaban J connectivity index is 0.00000220. The number of hydrogen-bond acceptors (Lipinski definition) is 0. The highest BCUT2D eigenvalue weighted by Gasteiger charge is 2.17. The van der Waals surface area contributed by atoms with Crippen LogP contribution in [-0.4, -0.2) is 0 Å². The molecule has 0 radical (unpaired) electrons. The first kappa shape index (κ1) is 18.1. The van der Waals surface area contributed by atoms with Crippen molar-refractivity contribution in [1.82, 2.24) is 0 Å². The third-order valence-corrected chi connectivity index (χ3v) is 4.06. The molecule has 2 heterocycles. The molecule has 3 heteroatoms. The summed E-state index contributed by atoms with van der Waals surface area (Å²) in [6.45, 7) is 8.85. The van der Waals surface area contributed by atoms with Crippen molar-refractivity contribution in [3.8, 4) is 0 Å². The van der Waals surface area contributed by atoms with Crippen molar-refractivity contribution < 1.29 is 33.1 Å². The zero-order chi connectivity index (χ0) is 14.5. The molecule has 0 spiro atoms. The zero-order valence-corrected chi connectivity index (χ0v) is 15.6. The Labute approximate surface area is 145 Å². The first-order valence-corrected chi connectivity index (χ1v) is 7.51. The van der Waals surface area contributed by atoms with E-state index in [0.717, 1.165) is 0 Å². The molecule has 114 valence electrons. The minimum absolute atomic E-state index is 0. The lowest BCUT2D eigenvalue weighted by atomic mass is 10.1. The third-order valence-electron chi connectivity index (χ3n) is 4.06. The van der Waals surface area contributed by atoms with Gasteiger partial charge in [-0.25, -0.2) is 9.13 Å². The second-order valence-electron chi connectivity index (χ2n) is 5.92. The summed E-state index contributed by atoms with van der Waals surface area (Å²) in [5.74, 6) is 0. The Morgan fingerprint density at radius 3 is 1.29 bits per heavy atom. The van der Waals surface area contributed by atoms with Gasteiger partial charge in [-0.15, -0.1) is 0 Å². The van der Waals surface area contributed by atoms with Crippen LogP contribution < -0.4 is 33.1 Å². The van der Waals surface area contributed by atoms with E-state index in [2.05, 4.69) is 85.9 Å². The van der Waals surface area contributed by atoms with E-state index in [1.54, 1.807) is 0 Å². The predicted octanol–water partition coefficient (Wildman–Crippen LogP) is 0.485. The maximum atomic E-state index is 2.31. The van der Waals surface area contributed by atoms with Crippen LogP contribution in [0.3, 0.4) is 0 Å². The lowest BCUT2D eigenvalue weighted by molar-refractivity contribution is -0.732. The molecule has 0 saturated carbocycles. The van der Waals surface area contributed by atoms with Gasteiger partial charge in [-0.1, -0.05) is 0 Å². The van der Waals surface area contributed by atoms with Crippen molar-refractivity contribution in [1.29, 1.82) is 0 Å². The Morgan fingerprint density at radius 1 is 0.714 bits per heavy atom. The molecule has 21 heavy (non-hydrogen) atoms. The van der Waals surface area contributed by atoms with Crippen molar-refractivity contribution in [2.24, 2.45) is 0 Å². The van der Waals surface area contributed by atoms with Crippen molar-refractivity contribution in [2.45, 2.75) is 52.6 Å². The van der Waals surface area contributed by atoms with Gasteiger partial charge < -0.3 is 24.0 Å². The van der Waals surface area contributed by atoms with Gasteiger partial charge in [0.05, 0.1) is 0 Å². The molecular weight excluding hydrogens is 371 g/mol. The van der Waals surface area contributed by atoms with E-state index in [4.69, 9.17) is 0 Å². The number of aryl methyl sites for hydroxylation is 2. The molecule has 0 N–H and O–H groups in total. The van der Waals surface area contributed by atoms with Gasteiger partial charge in [0.15, 0.2) is 36.9 Å². The number of pyridine rings is 2. The average Bonchev–Trinajstić information content (AvgIpc) is 2.46. The fraction of sp³-hybridized carbons (Fsp3) is 0.444. The van der Waals surface area contributed by atoms with Crippen LogP contribution in [-0.2, 0) is 0 Å².